The summed E-state index contributed by atoms with van der Waals surface area (Å²) in [5, 5.41) is 0. The van der Waals surface area contributed by atoms with Crippen LogP contribution in [0.1, 0.15) is 71.1 Å². The molecule has 1 nitrogen and oxygen atoms in total. The summed E-state index contributed by atoms with van der Waals surface area (Å²) >= 11 is 0. The molecule has 0 aromatic rings. The number of hydrogen-bond donors (Lipinski definition) is 0. The van der Waals surface area contributed by atoms with Gasteiger partial charge in [-0.05, 0) is 26.2 Å². The largest absolute Gasteiger partial charge is 0.381 e. The van der Waals surface area contributed by atoms with Crippen molar-refractivity contribution in [2.75, 3.05) is 7.11 Å². The molecule has 0 spiro atoms. The van der Waals surface area contributed by atoms with Crippen LogP contribution in [0, 0.1) is 6.92 Å². The fraction of sp³-hybridized carbons (Fsp3) is 0.812. The first kappa shape index (κ1) is 16.7. The minimum Gasteiger partial charge on any atom is -0.381 e. The van der Waals surface area contributed by atoms with E-state index in [1.807, 2.05) is 0 Å². The lowest BCUT2D eigenvalue weighted by molar-refractivity contribution is 0.141. The van der Waals surface area contributed by atoms with Crippen LogP contribution in [0.15, 0.2) is 12.2 Å². The molecule has 0 saturated heterocycles. The molecule has 0 aliphatic carbocycles. The van der Waals surface area contributed by atoms with Crippen LogP contribution >= 0.6 is 0 Å². The predicted molar refractivity (Wildman–Crippen MR) is 77.1 cm³/mol. The highest BCUT2D eigenvalue weighted by Crippen LogP contribution is 2.10. The highest BCUT2D eigenvalue weighted by Gasteiger charge is 1.93. The summed E-state index contributed by atoms with van der Waals surface area (Å²) in [6, 6.07) is 0. The number of rotatable bonds is 12. The quantitative estimate of drug-likeness (QED) is 0.331. The van der Waals surface area contributed by atoms with Gasteiger partial charge in [0.25, 0.3) is 0 Å². The molecule has 0 aromatic carbocycles. The van der Waals surface area contributed by atoms with Crippen molar-refractivity contribution in [3.05, 3.63) is 19.1 Å². The van der Waals surface area contributed by atoms with Gasteiger partial charge < -0.3 is 4.74 Å². The summed E-state index contributed by atoms with van der Waals surface area (Å²) in [5.74, 6) is 0. The maximum atomic E-state index is 5.08. The molecule has 1 radical (unpaired) electrons. The Morgan fingerprint density at radius 2 is 1.53 bits per heavy atom. The van der Waals surface area contributed by atoms with E-state index in [9.17, 15) is 0 Å². The molecule has 0 heterocycles. The minimum absolute atomic E-state index is 0.116. The maximum Gasteiger partial charge on any atom is 0.0606 e. The molecule has 0 fully saturated rings. The zero-order valence-corrected chi connectivity index (χ0v) is 11.9. The fourth-order valence-electron chi connectivity index (χ4n) is 1.86. The van der Waals surface area contributed by atoms with E-state index in [1.165, 1.54) is 57.8 Å². The van der Waals surface area contributed by atoms with Gasteiger partial charge in [0, 0.05) is 7.11 Å². The van der Waals surface area contributed by atoms with Crippen LogP contribution in [0.4, 0.5) is 0 Å². The van der Waals surface area contributed by atoms with Crippen molar-refractivity contribution < 1.29 is 4.74 Å². The average molecular weight is 239 g/mol. The van der Waals surface area contributed by atoms with E-state index in [0.717, 1.165) is 6.42 Å². The van der Waals surface area contributed by atoms with Gasteiger partial charge in [0.15, 0.2) is 0 Å². The summed E-state index contributed by atoms with van der Waals surface area (Å²) in [6.07, 6.45) is 17.9. The zero-order chi connectivity index (χ0) is 12.8. The van der Waals surface area contributed by atoms with E-state index in [2.05, 4.69) is 26.0 Å². The molecular weight excluding hydrogens is 208 g/mol. The third kappa shape index (κ3) is 13.6. The van der Waals surface area contributed by atoms with E-state index in [4.69, 9.17) is 4.74 Å². The third-order valence-electron chi connectivity index (χ3n) is 3.12. The van der Waals surface area contributed by atoms with E-state index in [1.54, 1.807) is 7.11 Å². The van der Waals surface area contributed by atoms with E-state index < -0.39 is 0 Å². The van der Waals surface area contributed by atoms with Crippen molar-refractivity contribution in [1.82, 2.24) is 0 Å². The lowest BCUT2D eigenvalue weighted by Gasteiger charge is -2.04. The number of methoxy groups -OCH3 is 1. The second-order valence-electron chi connectivity index (χ2n) is 4.83. The lowest BCUT2D eigenvalue weighted by Crippen LogP contribution is -2.02. The van der Waals surface area contributed by atoms with Crippen molar-refractivity contribution in [1.29, 1.82) is 0 Å². The van der Waals surface area contributed by atoms with Gasteiger partial charge >= 0.3 is 0 Å². The predicted octanol–water partition coefficient (Wildman–Crippen LogP) is 5.31. The number of hydrogen-bond acceptors (Lipinski definition) is 1. The zero-order valence-electron chi connectivity index (χ0n) is 11.9. The Balaban J connectivity index is 3.07. The molecule has 1 atom stereocenters. The van der Waals surface area contributed by atoms with Crippen molar-refractivity contribution in [2.45, 2.75) is 77.2 Å². The Morgan fingerprint density at radius 3 is 2.12 bits per heavy atom. The lowest BCUT2D eigenvalue weighted by atomic mass is 10.1. The highest BCUT2D eigenvalue weighted by atomic mass is 16.5. The van der Waals surface area contributed by atoms with Gasteiger partial charge in [-0.1, -0.05) is 64.0 Å². The molecular formula is C16H31O. The second-order valence-corrected chi connectivity index (χ2v) is 4.83. The molecule has 0 bridgehead atoms. The van der Waals surface area contributed by atoms with Gasteiger partial charge in [-0.3, -0.25) is 0 Å². The molecule has 0 N–H and O–H groups in total. The van der Waals surface area contributed by atoms with Gasteiger partial charge in [-0.2, -0.15) is 0 Å². The Hall–Kier alpha value is -0.300. The summed E-state index contributed by atoms with van der Waals surface area (Å²) in [4.78, 5) is 0. The van der Waals surface area contributed by atoms with Gasteiger partial charge in [0.2, 0.25) is 0 Å². The van der Waals surface area contributed by atoms with E-state index >= 15 is 0 Å². The maximum absolute atomic E-state index is 5.08. The van der Waals surface area contributed by atoms with Gasteiger partial charge in [-0.15, -0.1) is 0 Å². The van der Waals surface area contributed by atoms with Gasteiger partial charge in [0.1, 0.15) is 0 Å². The number of ether oxygens (including phenoxy) is 1. The summed E-state index contributed by atoms with van der Waals surface area (Å²) in [5.41, 5.74) is 0. The monoisotopic (exact) mass is 239 g/mol. The topological polar surface area (TPSA) is 9.23 Å². The first-order valence-corrected chi connectivity index (χ1v) is 7.32. The molecule has 0 saturated carbocycles. The molecule has 101 valence electrons. The molecule has 0 aliphatic heterocycles. The van der Waals surface area contributed by atoms with Crippen LogP contribution in [-0.2, 0) is 4.74 Å². The van der Waals surface area contributed by atoms with Crippen molar-refractivity contribution in [3.8, 4) is 0 Å². The van der Waals surface area contributed by atoms with E-state index in [-0.39, 0.29) is 6.10 Å². The van der Waals surface area contributed by atoms with Crippen molar-refractivity contribution in [2.24, 2.45) is 0 Å². The smallest absolute Gasteiger partial charge is 0.0606 e. The second kappa shape index (κ2) is 13.8. The molecule has 1 heteroatoms. The minimum atomic E-state index is 0.116. The van der Waals surface area contributed by atoms with Crippen LogP contribution in [0.3, 0.4) is 0 Å². The molecule has 17 heavy (non-hydrogen) atoms. The Labute approximate surface area is 109 Å². The van der Waals surface area contributed by atoms with Crippen molar-refractivity contribution >= 4 is 0 Å². The Morgan fingerprint density at radius 1 is 0.941 bits per heavy atom. The Bertz CT molecular complexity index is 163. The van der Waals surface area contributed by atoms with Gasteiger partial charge in [-0.25, -0.2) is 0 Å². The van der Waals surface area contributed by atoms with Crippen LogP contribution in [0.5, 0.6) is 0 Å². The first-order chi connectivity index (χ1) is 8.31. The number of unbranched alkanes of at least 4 members (excludes halogenated alkanes) is 8. The van der Waals surface area contributed by atoms with Crippen LogP contribution in [-0.4, -0.2) is 13.2 Å². The third-order valence-corrected chi connectivity index (χ3v) is 3.12. The SMILES string of the molecule is [CH2]C(CC=CCCCCCCCCCC)OC. The molecule has 0 aliphatic rings. The Kier molecular flexibility index (Phi) is 13.5. The standard InChI is InChI=1S/C16H31O/c1-4-5-6-7-8-9-10-11-12-13-14-15-16(2)17-3/h13-14,16H,2,4-12,15H2,1,3H3. The highest BCUT2D eigenvalue weighted by molar-refractivity contribution is 4.85. The molecule has 0 rings (SSSR count). The molecule has 0 amide bonds. The molecule has 1 unspecified atom stereocenters. The number of allylic oxidation sites excluding steroid dienone is 1. The van der Waals surface area contributed by atoms with E-state index in [0.29, 0.717) is 0 Å². The molecule has 0 aromatic heterocycles. The fourth-order valence-corrected chi connectivity index (χ4v) is 1.86. The summed E-state index contributed by atoms with van der Waals surface area (Å²) in [7, 11) is 1.71. The first-order valence-electron chi connectivity index (χ1n) is 7.32. The summed E-state index contributed by atoms with van der Waals surface area (Å²) < 4.78 is 5.08. The van der Waals surface area contributed by atoms with Gasteiger partial charge in [0.05, 0.1) is 6.10 Å². The van der Waals surface area contributed by atoms with Crippen molar-refractivity contribution in [3.63, 3.8) is 0 Å². The van der Waals surface area contributed by atoms with Crippen LogP contribution in [0.25, 0.3) is 0 Å². The normalized spacial score (nSPS) is 13.4. The van der Waals surface area contributed by atoms with Crippen LogP contribution in [0.2, 0.25) is 0 Å². The summed E-state index contributed by atoms with van der Waals surface area (Å²) in [6.45, 7) is 6.14. The average Bonchev–Trinajstić information content (AvgIpc) is 2.35. The van der Waals surface area contributed by atoms with Crippen LogP contribution < -0.4 is 0 Å².